The predicted octanol–water partition coefficient (Wildman–Crippen LogP) is 4.17. The first-order chi connectivity index (χ1) is 11.7. The Balaban J connectivity index is 1.46. The molecule has 126 valence electrons. The molecular formula is C19H21FN2O2. The lowest BCUT2D eigenvalue weighted by molar-refractivity contribution is 0.186. The van der Waals surface area contributed by atoms with E-state index in [4.69, 9.17) is 4.42 Å². The van der Waals surface area contributed by atoms with E-state index in [2.05, 4.69) is 5.32 Å². The number of fused-ring (bicyclic) bond motifs is 1. The maximum absolute atomic E-state index is 13.1. The van der Waals surface area contributed by atoms with Gasteiger partial charge in [0.2, 0.25) is 0 Å². The van der Waals surface area contributed by atoms with E-state index >= 15 is 0 Å². The molecule has 1 unspecified atom stereocenters. The maximum Gasteiger partial charge on any atom is 0.318 e. The molecule has 1 atom stereocenters. The summed E-state index contributed by atoms with van der Waals surface area (Å²) in [6.45, 7) is 0.516. The molecule has 0 bridgehead atoms. The van der Waals surface area contributed by atoms with Crippen LogP contribution in [0.2, 0.25) is 0 Å². The molecular weight excluding hydrogens is 307 g/mol. The van der Waals surface area contributed by atoms with E-state index in [1.165, 1.54) is 12.1 Å². The number of hydrogen-bond donors (Lipinski definition) is 1. The fourth-order valence-electron chi connectivity index (χ4n) is 3.41. The summed E-state index contributed by atoms with van der Waals surface area (Å²) in [5.74, 6) is 0.735. The Morgan fingerprint density at radius 1 is 1.21 bits per heavy atom. The zero-order valence-corrected chi connectivity index (χ0v) is 13.5. The van der Waals surface area contributed by atoms with Gasteiger partial charge in [-0.25, -0.2) is 9.18 Å². The van der Waals surface area contributed by atoms with Gasteiger partial charge in [-0.15, -0.1) is 0 Å². The molecule has 2 aliphatic rings. The van der Waals surface area contributed by atoms with Crippen molar-refractivity contribution in [2.24, 2.45) is 0 Å². The fourth-order valence-corrected chi connectivity index (χ4v) is 3.41. The van der Waals surface area contributed by atoms with Crippen LogP contribution in [0.25, 0.3) is 0 Å². The third-order valence-electron chi connectivity index (χ3n) is 4.86. The van der Waals surface area contributed by atoms with Gasteiger partial charge in [-0.2, -0.15) is 0 Å². The third kappa shape index (κ3) is 3.16. The summed E-state index contributed by atoms with van der Waals surface area (Å²) in [4.78, 5) is 14.7. The van der Waals surface area contributed by atoms with Gasteiger partial charge in [-0.1, -0.05) is 12.1 Å². The van der Waals surface area contributed by atoms with E-state index in [0.717, 1.165) is 49.0 Å². The molecule has 2 amide bonds. The largest absolute Gasteiger partial charge is 0.469 e. The average Bonchev–Trinajstić information content (AvgIpc) is 3.30. The minimum absolute atomic E-state index is 0.0227. The molecule has 2 aliphatic carbocycles. The topological polar surface area (TPSA) is 45.5 Å². The summed E-state index contributed by atoms with van der Waals surface area (Å²) in [6, 6.07) is 8.60. The van der Waals surface area contributed by atoms with Crippen molar-refractivity contribution in [1.82, 2.24) is 10.2 Å². The number of aryl methyl sites for hydroxylation is 1. The van der Waals surface area contributed by atoms with Crippen molar-refractivity contribution in [2.75, 3.05) is 0 Å². The van der Waals surface area contributed by atoms with E-state index in [1.807, 2.05) is 11.0 Å². The number of hydrogen-bond acceptors (Lipinski definition) is 2. The Morgan fingerprint density at radius 2 is 2.00 bits per heavy atom. The number of amides is 2. The van der Waals surface area contributed by atoms with Crippen molar-refractivity contribution in [2.45, 2.75) is 50.7 Å². The molecule has 1 heterocycles. The Labute approximate surface area is 140 Å². The van der Waals surface area contributed by atoms with Gasteiger partial charge in [0, 0.05) is 24.6 Å². The number of nitrogens with zero attached hydrogens (tertiary/aromatic N) is 1. The van der Waals surface area contributed by atoms with Crippen LogP contribution in [0.1, 0.15) is 48.6 Å². The standard InChI is InChI=1S/C19H21FN2O2/c20-14-6-4-13(5-7-14)12-22(15-8-9-15)19(23)21-17-2-1-3-18-16(17)10-11-24-18/h4-7,10-11,15,17H,1-3,8-9,12H2,(H,21,23). The molecule has 0 aliphatic heterocycles. The second kappa shape index (κ2) is 6.30. The van der Waals surface area contributed by atoms with Gasteiger partial charge in [-0.05, 0) is 49.4 Å². The van der Waals surface area contributed by atoms with Crippen LogP contribution in [0.15, 0.2) is 41.0 Å². The molecule has 0 spiro atoms. The number of furan rings is 1. The first-order valence-electron chi connectivity index (χ1n) is 8.58. The molecule has 0 saturated heterocycles. The summed E-state index contributed by atoms with van der Waals surface area (Å²) in [5.41, 5.74) is 2.05. The summed E-state index contributed by atoms with van der Waals surface area (Å²) < 4.78 is 18.6. The highest BCUT2D eigenvalue weighted by Crippen LogP contribution is 2.32. The van der Waals surface area contributed by atoms with Crippen LogP contribution < -0.4 is 5.32 Å². The van der Waals surface area contributed by atoms with Crippen molar-refractivity contribution in [3.8, 4) is 0 Å². The van der Waals surface area contributed by atoms with Crippen LogP contribution in [0.5, 0.6) is 0 Å². The lowest BCUT2D eigenvalue weighted by atomic mass is 9.93. The van der Waals surface area contributed by atoms with Crippen LogP contribution in [0.3, 0.4) is 0 Å². The molecule has 4 rings (SSSR count). The van der Waals surface area contributed by atoms with Crippen LogP contribution in [0.4, 0.5) is 9.18 Å². The Kier molecular flexibility index (Phi) is 4.00. The summed E-state index contributed by atoms with van der Waals surface area (Å²) in [5, 5.41) is 3.17. The number of nitrogens with one attached hydrogen (secondary N) is 1. The van der Waals surface area contributed by atoms with Gasteiger partial charge in [-0.3, -0.25) is 0 Å². The van der Waals surface area contributed by atoms with Gasteiger partial charge < -0.3 is 14.6 Å². The molecule has 24 heavy (non-hydrogen) atoms. The zero-order valence-electron chi connectivity index (χ0n) is 13.5. The summed E-state index contributed by atoms with van der Waals surface area (Å²) in [7, 11) is 0. The van der Waals surface area contributed by atoms with Gasteiger partial charge in [0.1, 0.15) is 11.6 Å². The van der Waals surface area contributed by atoms with E-state index in [9.17, 15) is 9.18 Å². The van der Waals surface area contributed by atoms with Crippen molar-refractivity contribution in [1.29, 1.82) is 0 Å². The first kappa shape index (κ1) is 15.2. The molecule has 1 aromatic heterocycles. The van der Waals surface area contributed by atoms with Crippen LogP contribution in [-0.4, -0.2) is 17.0 Å². The Hall–Kier alpha value is -2.30. The predicted molar refractivity (Wildman–Crippen MR) is 87.9 cm³/mol. The SMILES string of the molecule is O=C(NC1CCCc2occc21)N(Cc1ccc(F)cc1)C1CC1. The molecule has 1 aromatic carbocycles. The highest BCUT2D eigenvalue weighted by Gasteiger charge is 2.34. The summed E-state index contributed by atoms with van der Waals surface area (Å²) in [6.07, 6.45) is 6.68. The van der Waals surface area contributed by atoms with Crippen molar-refractivity contribution in [3.05, 3.63) is 59.3 Å². The van der Waals surface area contributed by atoms with Crippen LogP contribution in [0, 0.1) is 5.82 Å². The van der Waals surface area contributed by atoms with Crippen molar-refractivity contribution >= 4 is 6.03 Å². The molecule has 0 radical (unpaired) electrons. The second-order valence-electron chi connectivity index (χ2n) is 6.68. The van der Waals surface area contributed by atoms with Crippen LogP contribution >= 0.6 is 0 Å². The lowest BCUT2D eigenvalue weighted by Crippen LogP contribution is -2.43. The molecule has 1 N–H and O–H groups in total. The van der Waals surface area contributed by atoms with E-state index < -0.39 is 0 Å². The molecule has 1 saturated carbocycles. The number of urea groups is 1. The van der Waals surface area contributed by atoms with Gasteiger partial charge >= 0.3 is 6.03 Å². The van der Waals surface area contributed by atoms with Gasteiger partial charge in [0.15, 0.2) is 0 Å². The molecule has 5 heteroatoms. The fraction of sp³-hybridized carbons (Fsp3) is 0.421. The first-order valence-corrected chi connectivity index (χ1v) is 8.58. The van der Waals surface area contributed by atoms with Crippen LogP contribution in [-0.2, 0) is 13.0 Å². The minimum atomic E-state index is -0.254. The van der Waals surface area contributed by atoms with Gasteiger partial charge in [0.25, 0.3) is 0 Å². The van der Waals surface area contributed by atoms with E-state index in [0.29, 0.717) is 12.6 Å². The van der Waals surface area contributed by atoms with E-state index in [-0.39, 0.29) is 17.9 Å². The lowest BCUT2D eigenvalue weighted by Gasteiger charge is -2.28. The second-order valence-corrected chi connectivity index (χ2v) is 6.68. The highest BCUT2D eigenvalue weighted by atomic mass is 19.1. The Bertz CT molecular complexity index is 721. The molecule has 1 fully saturated rings. The summed E-state index contributed by atoms with van der Waals surface area (Å²) >= 11 is 0. The quantitative estimate of drug-likeness (QED) is 0.915. The minimum Gasteiger partial charge on any atom is -0.469 e. The maximum atomic E-state index is 13.1. The van der Waals surface area contributed by atoms with Crippen molar-refractivity contribution in [3.63, 3.8) is 0 Å². The number of rotatable bonds is 4. The third-order valence-corrected chi connectivity index (χ3v) is 4.86. The number of halogens is 1. The molecule has 4 nitrogen and oxygen atoms in total. The smallest absolute Gasteiger partial charge is 0.318 e. The van der Waals surface area contributed by atoms with E-state index in [1.54, 1.807) is 18.4 Å². The average molecular weight is 328 g/mol. The highest BCUT2D eigenvalue weighted by molar-refractivity contribution is 5.75. The van der Waals surface area contributed by atoms with Crippen molar-refractivity contribution < 1.29 is 13.6 Å². The Morgan fingerprint density at radius 3 is 2.75 bits per heavy atom. The number of benzene rings is 1. The van der Waals surface area contributed by atoms with Gasteiger partial charge in [0.05, 0.1) is 12.3 Å². The monoisotopic (exact) mass is 328 g/mol. The number of carbonyl (C=O) groups is 1. The zero-order chi connectivity index (χ0) is 16.5. The normalized spacial score (nSPS) is 19.6. The number of carbonyl (C=O) groups excluding carboxylic acids is 1. The molecule has 2 aromatic rings.